The Morgan fingerprint density at radius 2 is 2.19 bits per heavy atom. The zero-order chi connectivity index (χ0) is 11.4. The van der Waals surface area contributed by atoms with Crippen molar-refractivity contribution in [2.75, 3.05) is 5.32 Å². The summed E-state index contributed by atoms with van der Waals surface area (Å²) < 4.78 is 4.53. The van der Waals surface area contributed by atoms with Crippen LogP contribution >= 0.6 is 0 Å². The molecular formula is C8H7N5O3. The Kier molecular flexibility index (Phi) is 2.72. The summed E-state index contributed by atoms with van der Waals surface area (Å²) in [6.07, 6.45) is 3.89. The zero-order valence-electron chi connectivity index (χ0n) is 7.99. The van der Waals surface area contributed by atoms with E-state index in [4.69, 9.17) is 5.11 Å². The highest BCUT2D eigenvalue weighted by Crippen LogP contribution is 2.08. The number of hydrogen-bond acceptors (Lipinski definition) is 7. The maximum absolute atomic E-state index is 10.8. The number of anilines is 1. The summed E-state index contributed by atoms with van der Waals surface area (Å²) in [5, 5.41) is 15.1. The van der Waals surface area contributed by atoms with Crippen LogP contribution in [0.3, 0.4) is 0 Å². The fourth-order valence-corrected chi connectivity index (χ4v) is 1.06. The first-order chi connectivity index (χ1) is 7.77. The SMILES string of the molecule is O=C(O)c1nccnc1NCc1ncon1. The molecule has 0 radical (unpaired) electrons. The van der Waals surface area contributed by atoms with Crippen molar-refractivity contribution in [3.05, 3.63) is 30.3 Å². The number of rotatable bonds is 4. The summed E-state index contributed by atoms with van der Waals surface area (Å²) >= 11 is 0. The van der Waals surface area contributed by atoms with E-state index in [1.54, 1.807) is 0 Å². The van der Waals surface area contributed by atoms with Gasteiger partial charge in [0.05, 0.1) is 6.54 Å². The van der Waals surface area contributed by atoms with E-state index < -0.39 is 5.97 Å². The third kappa shape index (κ3) is 2.11. The maximum Gasteiger partial charge on any atom is 0.358 e. The van der Waals surface area contributed by atoms with Crippen LogP contribution in [0.2, 0.25) is 0 Å². The highest BCUT2D eigenvalue weighted by molar-refractivity contribution is 5.90. The number of hydrogen-bond donors (Lipinski definition) is 2. The van der Waals surface area contributed by atoms with Gasteiger partial charge in [0.1, 0.15) is 0 Å². The molecule has 0 amide bonds. The molecule has 0 aliphatic rings. The molecule has 0 fully saturated rings. The monoisotopic (exact) mass is 221 g/mol. The minimum absolute atomic E-state index is 0.147. The second-order valence-corrected chi connectivity index (χ2v) is 2.76. The second kappa shape index (κ2) is 4.34. The van der Waals surface area contributed by atoms with Crippen LogP contribution in [0.1, 0.15) is 16.3 Å². The van der Waals surface area contributed by atoms with E-state index in [0.717, 1.165) is 0 Å². The predicted molar refractivity (Wildman–Crippen MR) is 50.6 cm³/mol. The minimum Gasteiger partial charge on any atom is -0.476 e. The lowest BCUT2D eigenvalue weighted by Gasteiger charge is -2.04. The molecule has 2 rings (SSSR count). The lowest BCUT2D eigenvalue weighted by molar-refractivity contribution is 0.0691. The number of carbonyl (C=O) groups is 1. The summed E-state index contributed by atoms with van der Waals surface area (Å²) in [4.78, 5) is 22.1. The van der Waals surface area contributed by atoms with Crippen LogP contribution in [0, 0.1) is 0 Å². The number of nitrogens with zero attached hydrogens (tertiary/aromatic N) is 4. The van der Waals surface area contributed by atoms with Crippen LogP contribution in [0.25, 0.3) is 0 Å². The van der Waals surface area contributed by atoms with Gasteiger partial charge >= 0.3 is 5.97 Å². The van der Waals surface area contributed by atoms with Crippen LogP contribution in [-0.4, -0.2) is 31.2 Å². The van der Waals surface area contributed by atoms with E-state index in [-0.39, 0.29) is 18.1 Å². The molecule has 0 saturated heterocycles. The maximum atomic E-state index is 10.8. The quantitative estimate of drug-likeness (QED) is 0.750. The van der Waals surface area contributed by atoms with Gasteiger partial charge in [0.25, 0.3) is 0 Å². The lowest BCUT2D eigenvalue weighted by atomic mass is 10.4. The standard InChI is InChI=1S/C8H7N5O3/c14-8(15)6-7(10-2-1-9-6)11-3-5-12-4-16-13-5/h1-2,4H,3H2,(H,10,11)(H,14,15). The fourth-order valence-electron chi connectivity index (χ4n) is 1.06. The summed E-state index contributed by atoms with van der Waals surface area (Å²) in [5.74, 6) is -0.578. The summed E-state index contributed by atoms with van der Waals surface area (Å²) in [6.45, 7) is 0.218. The van der Waals surface area contributed by atoms with Crippen LogP contribution in [-0.2, 0) is 6.54 Å². The Labute approximate surface area is 89.3 Å². The summed E-state index contributed by atoms with van der Waals surface area (Å²) in [5.41, 5.74) is -0.147. The van der Waals surface area contributed by atoms with Gasteiger partial charge in [0.15, 0.2) is 17.3 Å². The van der Waals surface area contributed by atoms with E-state index in [9.17, 15) is 4.79 Å². The molecule has 0 saturated carbocycles. The molecule has 82 valence electrons. The summed E-state index contributed by atoms with van der Waals surface area (Å²) in [7, 11) is 0. The Balaban J connectivity index is 2.12. The van der Waals surface area contributed by atoms with E-state index in [0.29, 0.717) is 5.82 Å². The molecule has 0 atom stereocenters. The lowest BCUT2D eigenvalue weighted by Crippen LogP contribution is -2.10. The van der Waals surface area contributed by atoms with Gasteiger partial charge in [0.2, 0.25) is 6.39 Å². The van der Waals surface area contributed by atoms with E-state index in [1.165, 1.54) is 18.8 Å². The third-order valence-electron chi connectivity index (χ3n) is 1.72. The molecule has 8 nitrogen and oxygen atoms in total. The first-order valence-electron chi connectivity index (χ1n) is 4.31. The predicted octanol–water partition coefficient (Wildman–Crippen LogP) is 0.170. The molecule has 2 N–H and O–H groups in total. The van der Waals surface area contributed by atoms with Crippen molar-refractivity contribution in [3.8, 4) is 0 Å². The molecule has 8 heteroatoms. The number of aromatic nitrogens is 4. The molecule has 0 aromatic carbocycles. The Morgan fingerprint density at radius 1 is 1.38 bits per heavy atom. The van der Waals surface area contributed by atoms with Crippen molar-refractivity contribution >= 4 is 11.8 Å². The number of aromatic carboxylic acids is 1. The van der Waals surface area contributed by atoms with E-state index in [1.807, 2.05) is 0 Å². The van der Waals surface area contributed by atoms with Crippen LogP contribution < -0.4 is 5.32 Å². The van der Waals surface area contributed by atoms with Crippen molar-refractivity contribution in [2.45, 2.75) is 6.54 Å². The first kappa shape index (κ1) is 10.0. The van der Waals surface area contributed by atoms with Crippen molar-refractivity contribution in [1.82, 2.24) is 20.1 Å². The highest BCUT2D eigenvalue weighted by Gasteiger charge is 2.12. The molecule has 16 heavy (non-hydrogen) atoms. The minimum atomic E-state index is -1.15. The molecule has 0 unspecified atom stereocenters. The van der Waals surface area contributed by atoms with Gasteiger partial charge in [-0.15, -0.1) is 0 Å². The van der Waals surface area contributed by atoms with Crippen molar-refractivity contribution in [3.63, 3.8) is 0 Å². The molecule has 2 aromatic heterocycles. The topological polar surface area (TPSA) is 114 Å². The van der Waals surface area contributed by atoms with Gasteiger partial charge in [-0.1, -0.05) is 5.16 Å². The largest absolute Gasteiger partial charge is 0.476 e. The molecule has 0 spiro atoms. The smallest absolute Gasteiger partial charge is 0.358 e. The number of carboxylic acid groups (broad SMARTS) is 1. The first-order valence-corrected chi connectivity index (χ1v) is 4.31. The molecule has 0 bridgehead atoms. The Bertz CT molecular complexity index is 484. The van der Waals surface area contributed by atoms with Crippen molar-refractivity contribution in [2.24, 2.45) is 0 Å². The number of nitrogens with one attached hydrogen (secondary N) is 1. The Morgan fingerprint density at radius 3 is 2.88 bits per heavy atom. The molecule has 2 aromatic rings. The van der Waals surface area contributed by atoms with Gasteiger partial charge in [-0.25, -0.2) is 14.8 Å². The Hall–Kier alpha value is -2.51. The van der Waals surface area contributed by atoms with E-state index >= 15 is 0 Å². The van der Waals surface area contributed by atoms with Gasteiger partial charge < -0.3 is 14.9 Å². The average Bonchev–Trinajstić information content (AvgIpc) is 2.79. The van der Waals surface area contributed by atoms with Gasteiger partial charge in [-0.3, -0.25) is 0 Å². The van der Waals surface area contributed by atoms with Gasteiger partial charge in [-0.05, 0) is 0 Å². The second-order valence-electron chi connectivity index (χ2n) is 2.76. The van der Waals surface area contributed by atoms with Crippen LogP contribution in [0.5, 0.6) is 0 Å². The number of carboxylic acids is 1. The fraction of sp³-hybridized carbons (Fsp3) is 0.125. The average molecular weight is 221 g/mol. The third-order valence-corrected chi connectivity index (χ3v) is 1.72. The molecular weight excluding hydrogens is 214 g/mol. The van der Waals surface area contributed by atoms with Crippen LogP contribution in [0.4, 0.5) is 5.82 Å². The summed E-state index contributed by atoms with van der Waals surface area (Å²) in [6, 6.07) is 0. The van der Waals surface area contributed by atoms with Crippen molar-refractivity contribution < 1.29 is 14.4 Å². The molecule has 2 heterocycles. The zero-order valence-corrected chi connectivity index (χ0v) is 7.99. The van der Waals surface area contributed by atoms with Crippen LogP contribution in [0.15, 0.2) is 23.3 Å². The van der Waals surface area contributed by atoms with E-state index in [2.05, 4.69) is 29.9 Å². The molecule has 0 aliphatic heterocycles. The normalized spacial score (nSPS) is 10.0. The van der Waals surface area contributed by atoms with Gasteiger partial charge in [0, 0.05) is 12.4 Å². The molecule has 0 aliphatic carbocycles. The van der Waals surface area contributed by atoms with Gasteiger partial charge in [-0.2, -0.15) is 4.98 Å². The highest BCUT2D eigenvalue weighted by atomic mass is 16.5. The van der Waals surface area contributed by atoms with Crippen molar-refractivity contribution in [1.29, 1.82) is 0 Å².